The molecule has 0 amide bonds. The number of benzene rings is 1. The van der Waals surface area contributed by atoms with Crippen LogP contribution in [0, 0.1) is 12.7 Å². The van der Waals surface area contributed by atoms with Gasteiger partial charge in [-0.3, -0.25) is 4.68 Å². The van der Waals surface area contributed by atoms with Crippen molar-refractivity contribution in [3.05, 3.63) is 29.7 Å². The van der Waals surface area contributed by atoms with Crippen molar-refractivity contribution < 1.29 is 9.13 Å². The summed E-state index contributed by atoms with van der Waals surface area (Å²) < 4.78 is 20.2. The molecule has 0 fully saturated rings. The summed E-state index contributed by atoms with van der Waals surface area (Å²) >= 11 is 0. The lowest BCUT2D eigenvalue weighted by Crippen LogP contribution is -1.99. The second kappa shape index (κ2) is 4.08. The molecule has 0 spiro atoms. The van der Waals surface area contributed by atoms with Crippen LogP contribution < -0.4 is 10.5 Å². The molecule has 17 heavy (non-hydrogen) atoms. The summed E-state index contributed by atoms with van der Waals surface area (Å²) in [5, 5.41) is 4.06. The van der Waals surface area contributed by atoms with Gasteiger partial charge in [0.25, 0.3) is 0 Å². The van der Waals surface area contributed by atoms with Crippen molar-refractivity contribution in [1.82, 2.24) is 9.78 Å². The molecule has 1 heterocycles. The van der Waals surface area contributed by atoms with E-state index in [2.05, 4.69) is 5.10 Å². The first kappa shape index (κ1) is 11.4. The van der Waals surface area contributed by atoms with Crippen molar-refractivity contribution in [2.24, 2.45) is 7.05 Å². The minimum Gasteiger partial charge on any atom is -0.496 e. The first-order valence-corrected chi connectivity index (χ1v) is 5.16. The maximum absolute atomic E-state index is 13.4. The Hall–Kier alpha value is -2.04. The zero-order valence-corrected chi connectivity index (χ0v) is 9.99. The van der Waals surface area contributed by atoms with Crippen LogP contribution >= 0.6 is 0 Å². The number of hydrogen-bond acceptors (Lipinski definition) is 3. The van der Waals surface area contributed by atoms with Gasteiger partial charge in [0.1, 0.15) is 17.4 Å². The second-order valence-electron chi connectivity index (χ2n) is 3.87. The first-order chi connectivity index (χ1) is 8.04. The highest BCUT2D eigenvalue weighted by molar-refractivity contribution is 5.78. The highest BCUT2D eigenvalue weighted by Crippen LogP contribution is 2.35. The number of ether oxygens (including phenoxy) is 1. The molecule has 4 nitrogen and oxygen atoms in total. The van der Waals surface area contributed by atoms with E-state index in [4.69, 9.17) is 10.5 Å². The molecule has 0 radical (unpaired) electrons. The molecule has 0 aliphatic heterocycles. The molecule has 0 saturated carbocycles. The molecule has 0 aliphatic carbocycles. The van der Waals surface area contributed by atoms with E-state index in [0.717, 1.165) is 11.1 Å². The quantitative estimate of drug-likeness (QED) is 0.867. The molecule has 0 bridgehead atoms. The Balaban J connectivity index is 2.66. The van der Waals surface area contributed by atoms with Crippen LogP contribution in [0.1, 0.15) is 5.56 Å². The van der Waals surface area contributed by atoms with Gasteiger partial charge in [0.15, 0.2) is 0 Å². The number of halogens is 1. The monoisotopic (exact) mass is 235 g/mol. The fourth-order valence-electron chi connectivity index (χ4n) is 1.70. The predicted molar refractivity (Wildman–Crippen MR) is 64.3 cm³/mol. The topological polar surface area (TPSA) is 53.1 Å². The van der Waals surface area contributed by atoms with E-state index in [1.54, 1.807) is 30.9 Å². The molecule has 2 rings (SSSR count). The number of methoxy groups -OCH3 is 1. The Bertz CT molecular complexity index is 563. The lowest BCUT2D eigenvalue weighted by atomic mass is 10.0. The fourth-order valence-corrected chi connectivity index (χ4v) is 1.70. The smallest absolute Gasteiger partial charge is 0.129 e. The van der Waals surface area contributed by atoms with Gasteiger partial charge in [-0.25, -0.2) is 4.39 Å². The molecule has 1 aromatic heterocycles. The molecule has 1 aromatic carbocycles. The van der Waals surface area contributed by atoms with Crippen molar-refractivity contribution in [3.63, 3.8) is 0 Å². The van der Waals surface area contributed by atoms with Crippen LogP contribution in [0.4, 0.5) is 10.2 Å². The van der Waals surface area contributed by atoms with E-state index in [-0.39, 0.29) is 5.82 Å². The fraction of sp³-hybridized carbons (Fsp3) is 0.250. The summed E-state index contributed by atoms with van der Waals surface area (Å²) in [5.41, 5.74) is 7.93. The van der Waals surface area contributed by atoms with E-state index < -0.39 is 0 Å². The largest absolute Gasteiger partial charge is 0.496 e. The van der Waals surface area contributed by atoms with Crippen LogP contribution in [0.5, 0.6) is 5.75 Å². The average molecular weight is 235 g/mol. The number of rotatable bonds is 2. The van der Waals surface area contributed by atoms with Crippen LogP contribution in [0.2, 0.25) is 0 Å². The zero-order valence-electron chi connectivity index (χ0n) is 9.99. The third-order valence-corrected chi connectivity index (χ3v) is 2.76. The van der Waals surface area contributed by atoms with Crippen molar-refractivity contribution in [2.75, 3.05) is 12.8 Å². The van der Waals surface area contributed by atoms with Crippen LogP contribution in [-0.2, 0) is 7.05 Å². The van der Waals surface area contributed by atoms with Gasteiger partial charge in [-0.05, 0) is 18.6 Å². The summed E-state index contributed by atoms with van der Waals surface area (Å²) in [6, 6.07) is 3.07. The maximum atomic E-state index is 13.4. The lowest BCUT2D eigenvalue weighted by molar-refractivity contribution is 0.412. The average Bonchev–Trinajstić information content (AvgIpc) is 2.63. The van der Waals surface area contributed by atoms with Gasteiger partial charge in [0, 0.05) is 24.2 Å². The Morgan fingerprint density at radius 1 is 1.35 bits per heavy atom. The molecule has 5 heteroatoms. The van der Waals surface area contributed by atoms with Gasteiger partial charge in [0.2, 0.25) is 0 Å². The molecule has 0 unspecified atom stereocenters. The minimum absolute atomic E-state index is 0.298. The maximum Gasteiger partial charge on any atom is 0.129 e. The van der Waals surface area contributed by atoms with Crippen molar-refractivity contribution in [2.45, 2.75) is 6.92 Å². The van der Waals surface area contributed by atoms with Gasteiger partial charge in [-0.2, -0.15) is 5.10 Å². The highest BCUT2D eigenvalue weighted by atomic mass is 19.1. The molecule has 90 valence electrons. The van der Waals surface area contributed by atoms with Crippen LogP contribution in [0.25, 0.3) is 11.1 Å². The van der Waals surface area contributed by atoms with Gasteiger partial charge >= 0.3 is 0 Å². The van der Waals surface area contributed by atoms with E-state index in [9.17, 15) is 4.39 Å². The minimum atomic E-state index is -0.298. The van der Waals surface area contributed by atoms with Gasteiger partial charge in [-0.15, -0.1) is 0 Å². The number of nitrogen functional groups attached to an aromatic ring is 1. The Morgan fingerprint density at radius 3 is 2.59 bits per heavy atom. The van der Waals surface area contributed by atoms with E-state index in [0.29, 0.717) is 17.1 Å². The number of nitrogens with two attached hydrogens (primary N) is 1. The molecule has 2 aromatic rings. The third kappa shape index (κ3) is 1.84. The Morgan fingerprint density at radius 2 is 2.06 bits per heavy atom. The van der Waals surface area contributed by atoms with Crippen LogP contribution in [0.15, 0.2) is 18.3 Å². The molecule has 0 aliphatic rings. The number of anilines is 1. The summed E-state index contributed by atoms with van der Waals surface area (Å²) in [6.45, 7) is 1.70. The van der Waals surface area contributed by atoms with Crippen molar-refractivity contribution in [1.29, 1.82) is 0 Å². The van der Waals surface area contributed by atoms with Crippen LogP contribution in [0.3, 0.4) is 0 Å². The summed E-state index contributed by atoms with van der Waals surface area (Å²) in [4.78, 5) is 0. The number of aromatic nitrogens is 2. The standard InChI is InChI=1S/C12H14FN3O/c1-7-4-8(11(17-3)5-10(7)13)9-6-15-16(2)12(9)14/h4-6H,14H2,1-3H3. The summed E-state index contributed by atoms with van der Waals surface area (Å²) in [7, 11) is 3.25. The number of nitrogens with zero attached hydrogens (tertiary/aromatic N) is 2. The van der Waals surface area contributed by atoms with Crippen LogP contribution in [-0.4, -0.2) is 16.9 Å². The van der Waals surface area contributed by atoms with Crippen molar-refractivity contribution in [3.8, 4) is 16.9 Å². The van der Waals surface area contributed by atoms with Gasteiger partial charge < -0.3 is 10.5 Å². The number of aryl methyl sites for hydroxylation is 2. The summed E-state index contributed by atoms with van der Waals surface area (Å²) in [5.74, 6) is 0.676. The molecule has 2 N–H and O–H groups in total. The van der Waals surface area contributed by atoms with Gasteiger partial charge in [-0.1, -0.05) is 0 Å². The van der Waals surface area contributed by atoms with E-state index >= 15 is 0 Å². The Kier molecular flexibility index (Phi) is 2.75. The third-order valence-electron chi connectivity index (χ3n) is 2.76. The zero-order chi connectivity index (χ0) is 12.6. The molecule has 0 atom stereocenters. The van der Waals surface area contributed by atoms with Crippen molar-refractivity contribution >= 4 is 5.82 Å². The SMILES string of the molecule is COc1cc(F)c(C)cc1-c1cnn(C)c1N. The van der Waals surface area contributed by atoms with E-state index in [1.165, 1.54) is 13.2 Å². The molecule has 0 saturated heterocycles. The highest BCUT2D eigenvalue weighted by Gasteiger charge is 2.14. The summed E-state index contributed by atoms with van der Waals surface area (Å²) in [6.07, 6.45) is 1.64. The van der Waals surface area contributed by atoms with Gasteiger partial charge in [0.05, 0.1) is 13.3 Å². The normalized spacial score (nSPS) is 10.6. The Labute approximate surface area is 98.8 Å². The van der Waals surface area contributed by atoms with E-state index in [1.807, 2.05) is 0 Å². The molecular formula is C12H14FN3O. The second-order valence-corrected chi connectivity index (χ2v) is 3.87. The first-order valence-electron chi connectivity index (χ1n) is 5.16. The number of hydrogen-bond donors (Lipinski definition) is 1. The predicted octanol–water partition coefficient (Wildman–Crippen LogP) is 2.13. The molecular weight excluding hydrogens is 221 g/mol. The lowest BCUT2D eigenvalue weighted by Gasteiger charge is -2.09.